The third-order valence-corrected chi connectivity index (χ3v) is 3.62. The van der Waals surface area contributed by atoms with Crippen molar-refractivity contribution < 1.29 is 4.39 Å². The normalized spacial score (nSPS) is 11.8. The second-order valence-corrected chi connectivity index (χ2v) is 4.91. The van der Waals surface area contributed by atoms with Crippen molar-refractivity contribution in [1.29, 1.82) is 5.26 Å². The standard InChI is InChI=1S/C17H18FN3/c1-12(20-2)15-8-5-9-16(18)17(15)21(3)14-7-4-6-13(10-14)11-19/h4-10,12,20H,1-3H3. The molecule has 0 saturated carbocycles. The van der Waals surface area contributed by atoms with Crippen LogP contribution in [0.25, 0.3) is 0 Å². The molecule has 1 unspecified atom stereocenters. The number of hydrogen-bond acceptors (Lipinski definition) is 3. The van der Waals surface area contributed by atoms with Crippen LogP contribution in [-0.2, 0) is 0 Å². The van der Waals surface area contributed by atoms with Crippen LogP contribution < -0.4 is 10.2 Å². The van der Waals surface area contributed by atoms with Crippen LogP contribution in [0.3, 0.4) is 0 Å². The molecule has 4 heteroatoms. The Morgan fingerprint density at radius 1 is 1.24 bits per heavy atom. The predicted molar refractivity (Wildman–Crippen MR) is 83.1 cm³/mol. The Bertz CT molecular complexity index is 676. The largest absolute Gasteiger partial charge is 0.342 e. The SMILES string of the molecule is CNC(C)c1cccc(F)c1N(C)c1cccc(C#N)c1. The number of para-hydroxylation sites is 1. The first-order valence-corrected chi connectivity index (χ1v) is 6.78. The van der Waals surface area contributed by atoms with Crippen LogP contribution in [0.2, 0.25) is 0 Å². The lowest BCUT2D eigenvalue weighted by Gasteiger charge is -2.25. The van der Waals surface area contributed by atoms with Crippen LogP contribution in [0.4, 0.5) is 15.8 Å². The van der Waals surface area contributed by atoms with E-state index in [0.29, 0.717) is 11.3 Å². The van der Waals surface area contributed by atoms with Crippen molar-refractivity contribution in [2.45, 2.75) is 13.0 Å². The van der Waals surface area contributed by atoms with Crippen molar-refractivity contribution in [3.8, 4) is 6.07 Å². The third-order valence-electron chi connectivity index (χ3n) is 3.62. The zero-order chi connectivity index (χ0) is 15.4. The van der Waals surface area contributed by atoms with E-state index in [-0.39, 0.29) is 11.9 Å². The number of rotatable bonds is 4. The summed E-state index contributed by atoms with van der Waals surface area (Å²) in [6, 6.07) is 14.3. The number of anilines is 2. The van der Waals surface area contributed by atoms with E-state index < -0.39 is 0 Å². The summed E-state index contributed by atoms with van der Waals surface area (Å²) in [6.07, 6.45) is 0. The summed E-state index contributed by atoms with van der Waals surface area (Å²) in [4.78, 5) is 1.78. The molecule has 0 aliphatic heterocycles. The van der Waals surface area contributed by atoms with Gasteiger partial charge in [0.15, 0.2) is 0 Å². The van der Waals surface area contributed by atoms with Crippen molar-refractivity contribution >= 4 is 11.4 Å². The van der Waals surface area contributed by atoms with Crippen LogP contribution in [0.1, 0.15) is 24.1 Å². The van der Waals surface area contributed by atoms with Gasteiger partial charge in [-0.05, 0) is 43.8 Å². The van der Waals surface area contributed by atoms with Crippen LogP contribution in [0.15, 0.2) is 42.5 Å². The van der Waals surface area contributed by atoms with E-state index >= 15 is 0 Å². The maximum absolute atomic E-state index is 14.3. The van der Waals surface area contributed by atoms with Crippen molar-refractivity contribution in [2.24, 2.45) is 0 Å². The van der Waals surface area contributed by atoms with E-state index in [4.69, 9.17) is 5.26 Å². The van der Waals surface area contributed by atoms with Crippen molar-refractivity contribution in [3.63, 3.8) is 0 Å². The smallest absolute Gasteiger partial charge is 0.147 e. The second kappa shape index (κ2) is 6.38. The van der Waals surface area contributed by atoms with Gasteiger partial charge in [0.05, 0.1) is 17.3 Å². The molecular formula is C17H18FN3. The molecule has 108 valence electrons. The first-order valence-electron chi connectivity index (χ1n) is 6.78. The number of hydrogen-bond donors (Lipinski definition) is 1. The molecule has 0 spiro atoms. The summed E-state index contributed by atoms with van der Waals surface area (Å²) in [5, 5.41) is 12.1. The lowest BCUT2D eigenvalue weighted by molar-refractivity contribution is 0.608. The van der Waals surface area contributed by atoms with Gasteiger partial charge in [0.2, 0.25) is 0 Å². The summed E-state index contributed by atoms with van der Waals surface area (Å²) in [6.45, 7) is 1.98. The number of halogens is 1. The number of nitrogens with one attached hydrogen (secondary N) is 1. The average Bonchev–Trinajstić information content (AvgIpc) is 2.53. The van der Waals surface area contributed by atoms with Crippen LogP contribution in [0.5, 0.6) is 0 Å². The highest BCUT2D eigenvalue weighted by Gasteiger charge is 2.17. The molecule has 0 bridgehead atoms. The van der Waals surface area contributed by atoms with E-state index in [2.05, 4.69) is 11.4 Å². The molecule has 2 rings (SSSR count). The number of nitrogens with zero attached hydrogens (tertiary/aromatic N) is 2. The molecule has 0 aliphatic rings. The fraction of sp³-hybridized carbons (Fsp3) is 0.235. The number of benzene rings is 2. The minimum atomic E-state index is -0.278. The van der Waals surface area contributed by atoms with Gasteiger partial charge in [-0.3, -0.25) is 0 Å². The quantitative estimate of drug-likeness (QED) is 0.929. The third kappa shape index (κ3) is 3.04. The molecule has 1 N–H and O–H groups in total. The summed E-state index contributed by atoms with van der Waals surface area (Å²) in [7, 11) is 3.65. The minimum Gasteiger partial charge on any atom is -0.342 e. The molecule has 0 radical (unpaired) electrons. The molecule has 0 fully saturated rings. The Balaban J connectivity index is 2.52. The average molecular weight is 283 g/mol. The van der Waals surface area contributed by atoms with Crippen molar-refractivity contribution in [3.05, 3.63) is 59.4 Å². The van der Waals surface area contributed by atoms with E-state index in [0.717, 1.165) is 11.3 Å². The zero-order valence-corrected chi connectivity index (χ0v) is 12.4. The summed E-state index contributed by atoms with van der Waals surface area (Å²) in [5.74, 6) is -0.278. The van der Waals surface area contributed by atoms with E-state index in [1.165, 1.54) is 6.07 Å². The van der Waals surface area contributed by atoms with Crippen molar-refractivity contribution in [2.75, 3.05) is 19.0 Å². The van der Waals surface area contributed by atoms with E-state index in [9.17, 15) is 4.39 Å². The lowest BCUT2D eigenvalue weighted by atomic mass is 10.0. The fourth-order valence-electron chi connectivity index (χ4n) is 2.30. The van der Waals surface area contributed by atoms with Gasteiger partial charge in [-0.2, -0.15) is 5.26 Å². The minimum absolute atomic E-state index is 0.0253. The molecule has 0 aliphatic carbocycles. The van der Waals surface area contributed by atoms with Crippen LogP contribution in [-0.4, -0.2) is 14.1 Å². The molecule has 0 saturated heterocycles. The Morgan fingerprint density at radius 2 is 1.95 bits per heavy atom. The molecule has 1 atom stereocenters. The summed E-state index contributed by atoms with van der Waals surface area (Å²) >= 11 is 0. The van der Waals surface area contributed by atoms with Gasteiger partial charge in [0, 0.05) is 18.8 Å². The molecule has 0 aromatic heterocycles. The zero-order valence-electron chi connectivity index (χ0n) is 12.4. The predicted octanol–water partition coefficient (Wildman–Crippen LogP) is 3.75. The Morgan fingerprint density at radius 3 is 2.62 bits per heavy atom. The van der Waals surface area contributed by atoms with Gasteiger partial charge in [0.25, 0.3) is 0 Å². The molecule has 21 heavy (non-hydrogen) atoms. The Labute approximate surface area is 124 Å². The van der Waals surface area contributed by atoms with Gasteiger partial charge in [-0.1, -0.05) is 18.2 Å². The molecule has 0 amide bonds. The summed E-state index contributed by atoms with van der Waals surface area (Å²) in [5.41, 5.74) is 2.74. The highest BCUT2D eigenvalue weighted by atomic mass is 19.1. The van der Waals surface area contributed by atoms with Gasteiger partial charge in [-0.25, -0.2) is 4.39 Å². The van der Waals surface area contributed by atoms with Gasteiger partial charge < -0.3 is 10.2 Å². The highest BCUT2D eigenvalue weighted by molar-refractivity contribution is 5.68. The van der Waals surface area contributed by atoms with Gasteiger partial charge in [-0.15, -0.1) is 0 Å². The monoisotopic (exact) mass is 283 g/mol. The Kier molecular flexibility index (Phi) is 4.56. The van der Waals surface area contributed by atoms with Gasteiger partial charge in [0.1, 0.15) is 5.82 Å². The lowest BCUT2D eigenvalue weighted by Crippen LogP contribution is -2.19. The van der Waals surface area contributed by atoms with Crippen LogP contribution in [0, 0.1) is 17.1 Å². The first kappa shape index (κ1) is 15.0. The Hall–Kier alpha value is -2.38. The van der Waals surface area contributed by atoms with Gasteiger partial charge >= 0.3 is 0 Å². The van der Waals surface area contributed by atoms with E-state index in [1.807, 2.05) is 26.1 Å². The molecule has 2 aromatic carbocycles. The topological polar surface area (TPSA) is 39.1 Å². The second-order valence-electron chi connectivity index (χ2n) is 4.91. The first-order chi connectivity index (χ1) is 10.1. The highest BCUT2D eigenvalue weighted by Crippen LogP contribution is 2.33. The maximum Gasteiger partial charge on any atom is 0.147 e. The molecule has 3 nitrogen and oxygen atoms in total. The molecular weight excluding hydrogens is 265 g/mol. The van der Waals surface area contributed by atoms with Crippen LogP contribution >= 0.6 is 0 Å². The summed E-state index contributed by atoms with van der Waals surface area (Å²) < 4.78 is 14.3. The van der Waals surface area contributed by atoms with Crippen molar-refractivity contribution in [1.82, 2.24) is 5.32 Å². The maximum atomic E-state index is 14.3. The fourth-order valence-corrected chi connectivity index (χ4v) is 2.30. The molecule has 2 aromatic rings. The van der Waals surface area contributed by atoms with E-state index in [1.54, 1.807) is 36.2 Å². The number of nitriles is 1. The molecule has 0 heterocycles.